The fraction of sp³-hybridized carbons (Fsp3) is 0.438. The van der Waals surface area contributed by atoms with Crippen molar-refractivity contribution in [1.29, 1.82) is 0 Å². The molecule has 0 heterocycles. The van der Waals surface area contributed by atoms with Crippen LogP contribution in [-0.2, 0) is 6.18 Å². The number of benzene rings is 1. The van der Waals surface area contributed by atoms with E-state index in [0.29, 0.717) is 13.1 Å². The lowest BCUT2D eigenvalue weighted by molar-refractivity contribution is -0.137. The van der Waals surface area contributed by atoms with Crippen molar-refractivity contribution in [3.8, 4) is 5.75 Å². The zero-order valence-corrected chi connectivity index (χ0v) is 14.2. The summed E-state index contributed by atoms with van der Waals surface area (Å²) < 4.78 is 43.7. The fourth-order valence-electron chi connectivity index (χ4n) is 1.82. The molecule has 0 bridgehead atoms. The van der Waals surface area contributed by atoms with Crippen LogP contribution in [0.4, 0.5) is 13.2 Å². The molecule has 4 nitrogen and oxygen atoms in total. The van der Waals surface area contributed by atoms with Crippen molar-refractivity contribution in [3.63, 3.8) is 0 Å². The number of ether oxygens (including phenoxy) is 1. The van der Waals surface area contributed by atoms with E-state index in [2.05, 4.69) is 17.2 Å². The van der Waals surface area contributed by atoms with Crippen LogP contribution in [0.5, 0.6) is 5.75 Å². The average molecular weight is 367 g/mol. The van der Waals surface area contributed by atoms with E-state index in [1.54, 1.807) is 0 Å². The maximum atomic E-state index is 12.8. The number of halogens is 4. The Balaban J connectivity index is 0.00000529. The highest BCUT2D eigenvalue weighted by molar-refractivity contribution is 5.97. The van der Waals surface area contributed by atoms with Crippen LogP contribution in [0.1, 0.15) is 29.3 Å². The molecule has 24 heavy (non-hydrogen) atoms. The third-order valence-electron chi connectivity index (χ3n) is 2.92. The Morgan fingerprint density at radius 3 is 2.58 bits per heavy atom. The summed E-state index contributed by atoms with van der Waals surface area (Å²) in [6.07, 6.45) is -2.11. The zero-order chi connectivity index (χ0) is 17.3. The first kappa shape index (κ1) is 22.3. The lowest BCUT2D eigenvalue weighted by Crippen LogP contribution is -2.32. The number of hydrogen-bond acceptors (Lipinski definition) is 3. The van der Waals surface area contributed by atoms with Gasteiger partial charge in [-0.1, -0.05) is 19.6 Å². The molecular weight excluding hydrogens is 345 g/mol. The first-order chi connectivity index (χ1) is 10.9. The summed E-state index contributed by atoms with van der Waals surface area (Å²) in [5.74, 6) is -0.509. The number of alkyl halides is 3. The van der Waals surface area contributed by atoms with Gasteiger partial charge in [-0.05, 0) is 31.2 Å². The van der Waals surface area contributed by atoms with E-state index in [4.69, 9.17) is 4.74 Å². The summed E-state index contributed by atoms with van der Waals surface area (Å²) in [5.41, 5.74) is -1.03. The van der Waals surface area contributed by atoms with E-state index < -0.39 is 17.6 Å². The molecule has 8 heteroatoms. The molecule has 1 amide bonds. The summed E-state index contributed by atoms with van der Waals surface area (Å²) in [5, 5.41) is 5.67. The van der Waals surface area contributed by atoms with Crippen LogP contribution < -0.4 is 15.4 Å². The maximum absolute atomic E-state index is 12.8. The SMILES string of the molecule is C=CCOc1ccc(C(F)(F)F)cc1C(=O)NCCNCCC.Cl. The van der Waals surface area contributed by atoms with Crippen molar-refractivity contribution >= 4 is 18.3 Å². The van der Waals surface area contributed by atoms with Gasteiger partial charge in [0.1, 0.15) is 12.4 Å². The van der Waals surface area contributed by atoms with Crippen LogP contribution in [0.25, 0.3) is 0 Å². The van der Waals surface area contributed by atoms with Gasteiger partial charge in [-0.2, -0.15) is 13.2 Å². The number of carbonyl (C=O) groups is 1. The highest BCUT2D eigenvalue weighted by atomic mass is 35.5. The van der Waals surface area contributed by atoms with Crippen molar-refractivity contribution in [1.82, 2.24) is 10.6 Å². The van der Waals surface area contributed by atoms with Gasteiger partial charge in [0.05, 0.1) is 11.1 Å². The molecule has 0 aliphatic rings. The third-order valence-corrected chi connectivity index (χ3v) is 2.92. The van der Waals surface area contributed by atoms with Gasteiger partial charge in [0, 0.05) is 13.1 Å². The van der Waals surface area contributed by atoms with Crippen molar-refractivity contribution < 1.29 is 22.7 Å². The largest absolute Gasteiger partial charge is 0.489 e. The van der Waals surface area contributed by atoms with Gasteiger partial charge in [0.15, 0.2) is 0 Å². The van der Waals surface area contributed by atoms with Gasteiger partial charge >= 0.3 is 6.18 Å². The molecule has 0 saturated carbocycles. The van der Waals surface area contributed by atoms with Crippen molar-refractivity contribution in [2.24, 2.45) is 0 Å². The van der Waals surface area contributed by atoms with Crippen LogP contribution in [-0.4, -0.2) is 32.1 Å². The fourth-order valence-corrected chi connectivity index (χ4v) is 1.82. The lowest BCUT2D eigenvalue weighted by Gasteiger charge is -2.14. The molecule has 136 valence electrons. The van der Waals surface area contributed by atoms with Crippen LogP contribution in [0.2, 0.25) is 0 Å². The molecule has 0 fully saturated rings. The molecule has 0 spiro atoms. The number of nitrogens with one attached hydrogen (secondary N) is 2. The smallest absolute Gasteiger partial charge is 0.416 e. The monoisotopic (exact) mass is 366 g/mol. The Kier molecular flexibility index (Phi) is 10.1. The molecule has 0 atom stereocenters. The maximum Gasteiger partial charge on any atom is 0.416 e. The quantitative estimate of drug-likeness (QED) is 0.520. The summed E-state index contributed by atoms with van der Waals surface area (Å²) in [6.45, 7) is 7.25. The Labute approximate surface area is 145 Å². The molecular formula is C16H22ClF3N2O2. The lowest BCUT2D eigenvalue weighted by atomic mass is 10.1. The Morgan fingerprint density at radius 1 is 1.29 bits per heavy atom. The Morgan fingerprint density at radius 2 is 2.00 bits per heavy atom. The highest BCUT2D eigenvalue weighted by Crippen LogP contribution is 2.32. The normalized spacial score (nSPS) is 10.7. The Bertz CT molecular complexity index is 537. The van der Waals surface area contributed by atoms with Gasteiger partial charge in [-0.3, -0.25) is 4.79 Å². The van der Waals surface area contributed by atoms with E-state index in [-0.39, 0.29) is 30.3 Å². The van der Waals surface area contributed by atoms with E-state index in [0.717, 1.165) is 31.2 Å². The summed E-state index contributed by atoms with van der Waals surface area (Å²) in [6, 6.07) is 2.84. The third kappa shape index (κ3) is 7.23. The van der Waals surface area contributed by atoms with E-state index in [1.807, 2.05) is 6.92 Å². The minimum atomic E-state index is -4.52. The first-order valence-electron chi connectivity index (χ1n) is 7.34. The van der Waals surface area contributed by atoms with Crippen LogP contribution in [0.15, 0.2) is 30.9 Å². The number of rotatable bonds is 9. The van der Waals surface area contributed by atoms with Gasteiger partial charge in [0.2, 0.25) is 0 Å². The second kappa shape index (κ2) is 10.9. The zero-order valence-electron chi connectivity index (χ0n) is 13.4. The molecule has 0 aromatic heterocycles. The van der Waals surface area contributed by atoms with Gasteiger partial charge in [-0.15, -0.1) is 12.4 Å². The van der Waals surface area contributed by atoms with Crippen molar-refractivity contribution in [2.45, 2.75) is 19.5 Å². The topological polar surface area (TPSA) is 50.4 Å². The molecule has 0 aliphatic heterocycles. The number of hydrogen-bond donors (Lipinski definition) is 2. The van der Waals surface area contributed by atoms with Crippen LogP contribution >= 0.6 is 12.4 Å². The van der Waals surface area contributed by atoms with Crippen molar-refractivity contribution in [3.05, 3.63) is 42.0 Å². The molecule has 1 aromatic carbocycles. The van der Waals surface area contributed by atoms with E-state index >= 15 is 0 Å². The summed E-state index contributed by atoms with van der Waals surface area (Å²) >= 11 is 0. The molecule has 1 rings (SSSR count). The molecule has 2 N–H and O–H groups in total. The Hall–Kier alpha value is -1.73. The minimum absolute atomic E-state index is 0. The molecule has 0 unspecified atom stereocenters. The predicted molar refractivity (Wildman–Crippen MR) is 89.9 cm³/mol. The molecule has 1 aromatic rings. The number of carbonyl (C=O) groups excluding carboxylic acids is 1. The highest BCUT2D eigenvalue weighted by Gasteiger charge is 2.32. The van der Waals surface area contributed by atoms with Crippen LogP contribution in [0, 0.1) is 0 Å². The summed E-state index contributed by atoms with van der Waals surface area (Å²) in [4.78, 5) is 12.1. The second-order valence-corrected chi connectivity index (χ2v) is 4.81. The van der Waals surface area contributed by atoms with Crippen molar-refractivity contribution in [2.75, 3.05) is 26.2 Å². The summed E-state index contributed by atoms with van der Waals surface area (Å²) in [7, 11) is 0. The standard InChI is InChI=1S/C16H21F3N2O2.ClH/c1-3-7-20-8-9-21-15(22)13-11-12(16(17,18)19)5-6-14(13)23-10-4-2;/h4-6,11,20H,2-3,7-10H2,1H3,(H,21,22);1H. The van der Waals surface area contributed by atoms with E-state index in [1.165, 1.54) is 6.08 Å². The van der Waals surface area contributed by atoms with E-state index in [9.17, 15) is 18.0 Å². The number of amides is 1. The average Bonchev–Trinajstić information content (AvgIpc) is 2.51. The predicted octanol–water partition coefficient (Wildman–Crippen LogP) is 3.42. The molecule has 0 saturated heterocycles. The van der Waals surface area contributed by atoms with Gasteiger partial charge in [0.25, 0.3) is 5.91 Å². The van der Waals surface area contributed by atoms with Crippen LogP contribution in [0.3, 0.4) is 0 Å². The minimum Gasteiger partial charge on any atom is -0.489 e. The molecule has 0 radical (unpaired) electrons. The van der Waals surface area contributed by atoms with Gasteiger partial charge < -0.3 is 15.4 Å². The first-order valence-corrected chi connectivity index (χ1v) is 7.34. The molecule has 0 aliphatic carbocycles. The van der Waals surface area contributed by atoms with Gasteiger partial charge in [-0.25, -0.2) is 0 Å². The second-order valence-electron chi connectivity index (χ2n) is 4.81.